The standard InChI is InChI=1S/C19H26ClN5O.HI/c1-2-21-19(22-9-7-16-5-3-4-6-18(16)20)25-12-10-24(11-13-25)15-17-8-14-26-23-17;/h3-6,8,14H,2,7,9-13,15H2,1H3,(H,21,22);1H. The molecule has 0 amide bonds. The summed E-state index contributed by atoms with van der Waals surface area (Å²) in [5.41, 5.74) is 2.13. The van der Waals surface area contributed by atoms with E-state index < -0.39 is 0 Å². The van der Waals surface area contributed by atoms with E-state index in [1.165, 1.54) is 0 Å². The second-order valence-electron chi connectivity index (χ2n) is 6.33. The van der Waals surface area contributed by atoms with Gasteiger partial charge in [0.05, 0.1) is 5.69 Å². The third-order valence-electron chi connectivity index (χ3n) is 4.48. The Morgan fingerprint density at radius 2 is 2.00 bits per heavy atom. The van der Waals surface area contributed by atoms with E-state index in [4.69, 9.17) is 21.1 Å². The highest BCUT2D eigenvalue weighted by Crippen LogP contribution is 2.15. The molecule has 8 heteroatoms. The molecular weight excluding hydrogens is 477 g/mol. The summed E-state index contributed by atoms with van der Waals surface area (Å²) < 4.78 is 4.91. The lowest BCUT2D eigenvalue weighted by molar-refractivity contribution is 0.169. The van der Waals surface area contributed by atoms with Crippen molar-refractivity contribution in [2.45, 2.75) is 19.9 Å². The van der Waals surface area contributed by atoms with E-state index in [1.54, 1.807) is 6.26 Å². The fourth-order valence-electron chi connectivity index (χ4n) is 3.08. The van der Waals surface area contributed by atoms with E-state index >= 15 is 0 Å². The highest BCUT2D eigenvalue weighted by atomic mass is 127. The smallest absolute Gasteiger partial charge is 0.194 e. The molecule has 0 unspecified atom stereocenters. The minimum absolute atomic E-state index is 0. The second kappa shape index (κ2) is 11.5. The van der Waals surface area contributed by atoms with E-state index in [1.807, 2.05) is 24.3 Å². The topological polar surface area (TPSA) is 56.9 Å². The number of piperazine rings is 1. The maximum atomic E-state index is 6.23. The average Bonchev–Trinajstić information content (AvgIpc) is 3.16. The number of nitrogens with one attached hydrogen (secondary N) is 1. The van der Waals surface area contributed by atoms with Crippen LogP contribution in [0.5, 0.6) is 0 Å². The molecule has 0 radical (unpaired) electrons. The third-order valence-corrected chi connectivity index (χ3v) is 4.85. The van der Waals surface area contributed by atoms with Gasteiger partial charge in [0.15, 0.2) is 5.96 Å². The summed E-state index contributed by atoms with van der Waals surface area (Å²) in [6, 6.07) is 9.89. The van der Waals surface area contributed by atoms with E-state index in [2.05, 4.69) is 33.3 Å². The van der Waals surface area contributed by atoms with Crippen LogP contribution in [0.2, 0.25) is 5.02 Å². The Kier molecular flexibility index (Phi) is 9.36. The van der Waals surface area contributed by atoms with Crippen molar-refractivity contribution in [1.29, 1.82) is 0 Å². The number of guanidine groups is 1. The Bertz CT molecular complexity index is 702. The number of halogens is 2. The summed E-state index contributed by atoms with van der Waals surface area (Å²) >= 11 is 6.23. The van der Waals surface area contributed by atoms with Crippen LogP contribution in [0, 0.1) is 0 Å². The first-order valence-corrected chi connectivity index (χ1v) is 9.52. The molecule has 0 atom stereocenters. The minimum atomic E-state index is 0. The predicted octanol–water partition coefficient (Wildman–Crippen LogP) is 3.27. The molecule has 1 fully saturated rings. The molecule has 1 aromatic heterocycles. The van der Waals surface area contributed by atoms with Crippen molar-refractivity contribution in [3.8, 4) is 0 Å². The number of aromatic nitrogens is 1. The predicted molar refractivity (Wildman–Crippen MR) is 120 cm³/mol. The molecular formula is C19H27ClIN5O. The average molecular weight is 504 g/mol. The van der Waals surface area contributed by atoms with Crippen LogP contribution in [0.15, 0.2) is 46.1 Å². The van der Waals surface area contributed by atoms with Crippen LogP contribution in [0.25, 0.3) is 0 Å². The summed E-state index contributed by atoms with van der Waals surface area (Å²) in [4.78, 5) is 9.52. The monoisotopic (exact) mass is 503 g/mol. The minimum Gasteiger partial charge on any atom is -0.364 e. The van der Waals surface area contributed by atoms with Gasteiger partial charge in [-0.05, 0) is 25.0 Å². The summed E-state index contributed by atoms with van der Waals surface area (Å²) in [5, 5.41) is 8.22. The molecule has 6 nitrogen and oxygen atoms in total. The van der Waals surface area contributed by atoms with Crippen LogP contribution >= 0.6 is 35.6 Å². The first-order chi connectivity index (χ1) is 12.8. The summed E-state index contributed by atoms with van der Waals surface area (Å²) in [6.45, 7) is 8.42. The number of nitrogens with zero attached hydrogens (tertiary/aromatic N) is 4. The van der Waals surface area contributed by atoms with Gasteiger partial charge in [-0.3, -0.25) is 9.89 Å². The van der Waals surface area contributed by atoms with Gasteiger partial charge in [0.1, 0.15) is 6.26 Å². The van der Waals surface area contributed by atoms with Crippen LogP contribution in [-0.2, 0) is 13.0 Å². The first kappa shape index (κ1) is 22.0. The summed E-state index contributed by atoms with van der Waals surface area (Å²) in [5.74, 6) is 0.987. The molecule has 2 heterocycles. The van der Waals surface area contributed by atoms with Gasteiger partial charge in [0.2, 0.25) is 0 Å². The van der Waals surface area contributed by atoms with Gasteiger partial charge in [-0.15, -0.1) is 24.0 Å². The molecule has 3 rings (SSSR count). The van der Waals surface area contributed by atoms with Crippen LogP contribution in [0.4, 0.5) is 0 Å². The molecule has 1 saturated heterocycles. The maximum absolute atomic E-state index is 6.23. The zero-order chi connectivity index (χ0) is 18.2. The highest BCUT2D eigenvalue weighted by molar-refractivity contribution is 14.0. The lowest BCUT2D eigenvalue weighted by Gasteiger charge is -2.36. The quantitative estimate of drug-likeness (QED) is 0.373. The molecule has 1 aliphatic heterocycles. The maximum Gasteiger partial charge on any atom is 0.194 e. The zero-order valence-corrected chi connectivity index (χ0v) is 18.7. The molecule has 1 aromatic carbocycles. The summed E-state index contributed by atoms with van der Waals surface area (Å²) in [7, 11) is 0. The molecule has 1 N–H and O–H groups in total. The van der Waals surface area contributed by atoms with E-state index in [0.29, 0.717) is 0 Å². The van der Waals surface area contributed by atoms with Crippen LogP contribution in [-0.4, -0.2) is 60.2 Å². The number of hydrogen-bond donors (Lipinski definition) is 1. The molecule has 0 spiro atoms. The Balaban J connectivity index is 0.00000261. The van der Waals surface area contributed by atoms with Gasteiger partial charge < -0.3 is 14.7 Å². The van der Waals surface area contributed by atoms with Crippen LogP contribution in [0.1, 0.15) is 18.2 Å². The van der Waals surface area contributed by atoms with E-state index in [9.17, 15) is 0 Å². The highest BCUT2D eigenvalue weighted by Gasteiger charge is 2.20. The van der Waals surface area contributed by atoms with Crippen molar-refractivity contribution in [2.24, 2.45) is 4.99 Å². The van der Waals surface area contributed by atoms with Crippen LogP contribution < -0.4 is 5.32 Å². The van der Waals surface area contributed by atoms with Crippen molar-refractivity contribution in [1.82, 2.24) is 20.3 Å². The fraction of sp³-hybridized carbons (Fsp3) is 0.474. The number of benzene rings is 1. The third kappa shape index (κ3) is 6.65. The van der Waals surface area contributed by atoms with Crippen molar-refractivity contribution in [2.75, 3.05) is 39.3 Å². The lowest BCUT2D eigenvalue weighted by atomic mass is 10.1. The Hall–Kier alpha value is -1.32. The number of rotatable bonds is 6. The molecule has 27 heavy (non-hydrogen) atoms. The van der Waals surface area contributed by atoms with Crippen molar-refractivity contribution < 1.29 is 4.52 Å². The second-order valence-corrected chi connectivity index (χ2v) is 6.74. The van der Waals surface area contributed by atoms with Gasteiger partial charge in [0.25, 0.3) is 0 Å². The first-order valence-electron chi connectivity index (χ1n) is 9.14. The van der Waals surface area contributed by atoms with Gasteiger partial charge in [-0.1, -0.05) is 35.0 Å². The van der Waals surface area contributed by atoms with E-state index in [-0.39, 0.29) is 24.0 Å². The van der Waals surface area contributed by atoms with Gasteiger partial charge in [-0.2, -0.15) is 0 Å². The Morgan fingerprint density at radius 1 is 1.22 bits per heavy atom. The van der Waals surface area contributed by atoms with Gasteiger partial charge in [-0.25, -0.2) is 0 Å². The van der Waals surface area contributed by atoms with Gasteiger partial charge >= 0.3 is 0 Å². The van der Waals surface area contributed by atoms with Crippen LogP contribution in [0.3, 0.4) is 0 Å². The van der Waals surface area contributed by atoms with Crippen molar-refractivity contribution in [3.63, 3.8) is 0 Å². The van der Waals surface area contributed by atoms with E-state index in [0.717, 1.165) is 74.5 Å². The van der Waals surface area contributed by atoms with Gasteiger partial charge in [0, 0.05) is 56.9 Å². The molecule has 0 aliphatic carbocycles. The largest absolute Gasteiger partial charge is 0.364 e. The SMILES string of the molecule is CCNC(=NCCc1ccccc1Cl)N1CCN(Cc2ccon2)CC1.I. The Morgan fingerprint density at radius 3 is 2.67 bits per heavy atom. The normalized spacial score (nSPS) is 15.5. The fourth-order valence-corrected chi connectivity index (χ4v) is 3.31. The lowest BCUT2D eigenvalue weighted by Crippen LogP contribution is -2.52. The number of aliphatic imine (C=N–C) groups is 1. The summed E-state index contributed by atoms with van der Waals surface area (Å²) in [6.07, 6.45) is 2.47. The molecule has 0 bridgehead atoms. The molecule has 148 valence electrons. The van der Waals surface area contributed by atoms with Crippen molar-refractivity contribution in [3.05, 3.63) is 52.9 Å². The molecule has 1 aliphatic rings. The Labute approximate surface area is 183 Å². The molecule has 2 aromatic rings. The molecule has 0 saturated carbocycles. The van der Waals surface area contributed by atoms with Crippen molar-refractivity contribution >= 4 is 41.5 Å². The zero-order valence-electron chi connectivity index (χ0n) is 15.6. The number of hydrogen-bond acceptors (Lipinski definition) is 4.